The van der Waals surface area contributed by atoms with Gasteiger partial charge in [-0.1, -0.05) is 44.5 Å². The van der Waals surface area contributed by atoms with Crippen LogP contribution in [0.4, 0.5) is 9.18 Å². The van der Waals surface area contributed by atoms with E-state index in [1.807, 2.05) is 24.3 Å². The Kier molecular flexibility index (Phi) is 7.45. The van der Waals surface area contributed by atoms with Crippen LogP contribution in [0.5, 0.6) is 5.75 Å². The molecule has 1 amide bonds. The van der Waals surface area contributed by atoms with Crippen molar-refractivity contribution >= 4 is 6.09 Å². The van der Waals surface area contributed by atoms with E-state index in [4.69, 9.17) is 4.74 Å². The highest BCUT2D eigenvalue weighted by Gasteiger charge is 2.09. The highest BCUT2D eigenvalue weighted by molar-refractivity contribution is 5.70. The minimum Gasteiger partial charge on any atom is -0.410 e. The van der Waals surface area contributed by atoms with Gasteiger partial charge in [-0.05, 0) is 60.6 Å². The summed E-state index contributed by atoms with van der Waals surface area (Å²) >= 11 is 0. The fourth-order valence-corrected chi connectivity index (χ4v) is 2.87. The van der Waals surface area contributed by atoms with Crippen molar-refractivity contribution < 1.29 is 13.9 Å². The summed E-state index contributed by atoms with van der Waals surface area (Å²) in [6.45, 7) is 4.83. The average molecular weight is 343 g/mol. The second-order valence-corrected chi connectivity index (χ2v) is 6.16. The van der Waals surface area contributed by atoms with E-state index in [0.717, 1.165) is 18.4 Å². The van der Waals surface area contributed by atoms with E-state index in [-0.39, 0.29) is 5.82 Å². The summed E-state index contributed by atoms with van der Waals surface area (Å²) in [6.07, 6.45) is 3.59. The second kappa shape index (κ2) is 9.82. The van der Waals surface area contributed by atoms with Crippen LogP contribution >= 0.6 is 0 Å². The van der Waals surface area contributed by atoms with Crippen LogP contribution in [0.2, 0.25) is 0 Å². The third-order valence-corrected chi connectivity index (χ3v) is 4.29. The van der Waals surface area contributed by atoms with E-state index >= 15 is 0 Å². The van der Waals surface area contributed by atoms with Crippen molar-refractivity contribution in [1.29, 1.82) is 0 Å². The summed E-state index contributed by atoms with van der Waals surface area (Å²) in [5, 5.41) is 2.71. The minimum atomic E-state index is -0.476. The molecule has 0 saturated heterocycles. The standard InChI is InChI=1S/C21H26FNO2/c1-3-5-17(4-2)18-8-12-20(13-9-18)25-21(24)23-15-14-16-6-10-19(22)11-7-16/h6-13,17H,3-5,14-15H2,1-2H3,(H,23,24). The summed E-state index contributed by atoms with van der Waals surface area (Å²) in [4.78, 5) is 11.8. The molecule has 0 radical (unpaired) electrons. The zero-order chi connectivity index (χ0) is 18.1. The lowest BCUT2D eigenvalue weighted by molar-refractivity contribution is 0.200. The molecule has 0 aliphatic rings. The van der Waals surface area contributed by atoms with Crippen molar-refractivity contribution in [3.63, 3.8) is 0 Å². The molecule has 2 rings (SSSR count). The van der Waals surface area contributed by atoms with E-state index in [2.05, 4.69) is 19.2 Å². The van der Waals surface area contributed by atoms with Gasteiger partial charge in [0.05, 0.1) is 0 Å². The molecule has 1 unspecified atom stereocenters. The molecule has 1 atom stereocenters. The van der Waals surface area contributed by atoms with Gasteiger partial charge in [0.2, 0.25) is 0 Å². The average Bonchev–Trinajstić information content (AvgIpc) is 2.62. The third-order valence-electron chi connectivity index (χ3n) is 4.29. The van der Waals surface area contributed by atoms with Crippen LogP contribution in [0.15, 0.2) is 48.5 Å². The number of nitrogens with one attached hydrogen (secondary N) is 1. The number of carbonyl (C=O) groups is 1. The number of benzene rings is 2. The van der Waals surface area contributed by atoms with Crippen molar-refractivity contribution in [1.82, 2.24) is 5.32 Å². The second-order valence-electron chi connectivity index (χ2n) is 6.16. The highest BCUT2D eigenvalue weighted by atomic mass is 19.1. The summed E-state index contributed by atoms with van der Waals surface area (Å²) in [5.41, 5.74) is 2.25. The highest BCUT2D eigenvalue weighted by Crippen LogP contribution is 2.26. The molecule has 134 valence electrons. The Morgan fingerprint density at radius 1 is 1.08 bits per heavy atom. The van der Waals surface area contributed by atoms with Gasteiger partial charge in [-0.3, -0.25) is 0 Å². The predicted molar refractivity (Wildman–Crippen MR) is 98.5 cm³/mol. The van der Waals surface area contributed by atoms with Crippen molar-refractivity contribution in [2.75, 3.05) is 6.54 Å². The van der Waals surface area contributed by atoms with E-state index < -0.39 is 6.09 Å². The number of ether oxygens (including phenoxy) is 1. The number of amides is 1. The molecule has 4 heteroatoms. The third kappa shape index (κ3) is 6.22. The van der Waals surface area contributed by atoms with Gasteiger partial charge in [-0.15, -0.1) is 0 Å². The molecule has 3 nitrogen and oxygen atoms in total. The monoisotopic (exact) mass is 343 g/mol. The molecule has 0 aromatic heterocycles. The first-order chi connectivity index (χ1) is 12.1. The van der Waals surface area contributed by atoms with Gasteiger partial charge in [0, 0.05) is 6.54 Å². The lowest BCUT2D eigenvalue weighted by atomic mass is 9.92. The summed E-state index contributed by atoms with van der Waals surface area (Å²) in [5.74, 6) is 0.835. The van der Waals surface area contributed by atoms with Crippen LogP contribution in [0.25, 0.3) is 0 Å². The van der Waals surface area contributed by atoms with Crippen LogP contribution in [-0.4, -0.2) is 12.6 Å². The molecule has 2 aromatic rings. The van der Waals surface area contributed by atoms with Gasteiger partial charge in [0.15, 0.2) is 0 Å². The number of hydrogen-bond donors (Lipinski definition) is 1. The molecular weight excluding hydrogens is 317 g/mol. The van der Waals surface area contributed by atoms with Crippen molar-refractivity contribution in [2.45, 2.75) is 45.4 Å². The summed E-state index contributed by atoms with van der Waals surface area (Å²) in [7, 11) is 0. The normalized spacial score (nSPS) is 11.8. The summed E-state index contributed by atoms with van der Waals surface area (Å²) < 4.78 is 18.1. The van der Waals surface area contributed by atoms with Crippen molar-refractivity contribution in [3.8, 4) is 5.75 Å². The number of halogens is 1. The van der Waals surface area contributed by atoms with Crippen molar-refractivity contribution in [2.24, 2.45) is 0 Å². The van der Waals surface area contributed by atoms with E-state index in [1.165, 1.54) is 24.1 Å². The van der Waals surface area contributed by atoms with Gasteiger partial charge < -0.3 is 10.1 Å². The first-order valence-electron chi connectivity index (χ1n) is 8.92. The molecule has 0 bridgehead atoms. The first-order valence-corrected chi connectivity index (χ1v) is 8.92. The molecule has 0 aliphatic heterocycles. The van der Waals surface area contributed by atoms with Gasteiger partial charge in [0.1, 0.15) is 11.6 Å². The largest absolute Gasteiger partial charge is 0.412 e. The Hall–Kier alpha value is -2.36. The zero-order valence-corrected chi connectivity index (χ0v) is 14.9. The molecule has 0 aliphatic carbocycles. The van der Waals surface area contributed by atoms with E-state index in [1.54, 1.807) is 12.1 Å². The topological polar surface area (TPSA) is 38.3 Å². The van der Waals surface area contributed by atoms with Crippen LogP contribution in [0.3, 0.4) is 0 Å². The Bertz CT molecular complexity index is 653. The lowest BCUT2D eigenvalue weighted by Crippen LogP contribution is -2.28. The van der Waals surface area contributed by atoms with Gasteiger partial charge in [0.25, 0.3) is 0 Å². The fourth-order valence-electron chi connectivity index (χ4n) is 2.87. The van der Waals surface area contributed by atoms with E-state index in [0.29, 0.717) is 24.6 Å². The summed E-state index contributed by atoms with van der Waals surface area (Å²) in [6, 6.07) is 14.0. The molecular formula is C21H26FNO2. The molecule has 25 heavy (non-hydrogen) atoms. The molecule has 2 aromatic carbocycles. The molecule has 0 heterocycles. The fraction of sp³-hybridized carbons (Fsp3) is 0.381. The first kappa shape index (κ1) is 19.0. The lowest BCUT2D eigenvalue weighted by Gasteiger charge is -2.14. The van der Waals surface area contributed by atoms with E-state index in [9.17, 15) is 9.18 Å². The maximum absolute atomic E-state index is 12.8. The number of carbonyl (C=O) groups excluding carboxylic acids is 1. The Balaban J connectivity index is 1.79. The van der Waals surface area contributed by atoms with Gasteiger partial charge >= 0.3 is 6.09 Å². The molecule has 0 saturated carbocycles. The van der Waals surface area contributed by atoms with Crippen LogP contribution in [-0.2, 0) is 6.42 Å². The Morgan fingerprint density at radius 3 is 2.36 bits per heavy atom. The quantitative estimate of drug-likeness (QED) is 0.692. The maximum Gasteiger partial charge on any atom is 0.412 e. The van der Waals surface area contributed by atoms with Crippen LogP contribution in [0, 0.1) is 5.82 Å². The van der Waals surface area contributed by atoms with Crippen LogP contribution < -0.4 is 10.1 Å². The molecule has 0 fully saturated rings. The number of rotatable bonds is 8. The predicted octanol–water partition coefficient (Wildman–Crippen LogP) is 5.45. The minimum absolute atomic E-state index is 0.260. The number of hydrogen-bond acceptors (Lipinski definition) is 2. The SMILES string of the molecule is CCCC(CC)c1ccc(OC(=O)NCCc2ccc(F)cc2)cc1. The molecule has 1 N–H and O–H groups in total. The Morgan fingerprint density at radius 2 is 1.76 bits per heavy atom. The van der Waals surface area contributed by atoms with Crippen molar-refractivity contribution in [3.05, 3.63) is 65.5 Å². The smallest absolute Gasteiger partial charge is 0.410 e. The Labute approximate surface area is 149 Å². The van der Waals surface area contributed by atoms with Gasteiger partial charge in [-0.25, -0.2) is 9.18 Å². The van der Waals surface area contributed by atoms with Gasteiger partial charge in [-0.2, -0.15) is 0 Å². The molecule has 0 spiro atoms. The van der Waals surface area contributed by atoms with Crippen LogP contribution in [0.1, 0.15) is 50.2 Å². The maximum atomic E-state index is 12.8. The zero-order valence-electron chi connectivity index (χ0n) is 14.9.